The Labute approximate surface area is 248 Å². The molecule has 42 heavy (non-hydrogen) atoms. The van der Waals surface area contributed by atoms with Crippen molar-refractivity contribution in [3.63, 3.8) is 0 Å². The first-order valence-electron chi connectivity index (χ1n) is 15.2. The molecular weight excluding hydrogens is 522 g/mol. The summed E-state index contributed by atoms with van der Waals surface area (Å²) in [6.45, 7) is 6.52. The van der Waals surface area contributed by atoms with Crippen molar-refractivity contribution in [2.45, 2.75) is 59.0 Å². The number of para-hydroxylation sites is 1. The van der Waals surface area contributed by atoms with Crippen molar-refractivity contribution in [1.29, 1.82) is 0 Å². The number of hydrogen-bond donors (Lipinski definition) is 1. The number of nitrogens with zero attached hydrogens (tertiary/aromatic N) is 1. The summed E-state index contributed by atoms with van der Waals surface area (Å²) in [6.07, 6.45) is 6.32. The van der Waals surface area contributed by atoms with Gasteiger partial charge in [-0.15, -0.1) is 0 Å². The third kappa shape index (κ3) is 5.11. The molecule has 2 heterocycles. The van der Waals surface area contributed by atoms with Crippen LogP contribution in [0.1, 0.15) is 61.3 Å². The first-order valence-corrected chi connectivity index (χ1v) is 15.2. The van der Waals surface area contributed by atoms with Gasteiger partial charge in [0.2, 0.25) is 11.8 Å². The number of phenols is 1. The summed E-state index contributed by atoms with van der Waals surface area (Å²) >= 11 is 0. The number of rotatable bonds is 8. The summed E-state index contributed by atoms with van der Waals surface area (Å²) in [6, 6.07) is 23.8. The number of carbonyl (C=O) groups excluding carboxylic acids is 2. The number of ether oxygens (including phenoxy) is 1. The van der Waals surface area contributed by atoms with Crippen molar-refractivity contribution in [3.8, 4) is 5.75 Å². The second-order valence-corrected chi connectivity index (χ2v) is 12.0. The topological polar surface area (TPSA) is 66.8 Å². The molecule has 0 bridgehead atoms. The smallest absolute Gasteiger partial charge is 0.238 e. The van der Waals surface area contributed by atoms with Gasteiger partial charge in [-0.25, -0.2) is 0 Å². The Balaban J connectivity index is 1.29. The highest BCUT2D eigenvalue weighted by Gasteiger charge is 2.57. The summed E-state index contributed by atoms with van der Waals surface area (Å²) in [5.41, 5.74) is 8.42. The van der Waals surface area contributed by atoms with E-state index < -0.39 is 0 Å². The van der Waals surface area contributed by atoms with Gasteiger partial charge in [0, 0.05) is 5.92 Å². The summed E-state index contributed by atoms with van der Waals surface area (Å²) < 4.78 is 6.50. The van der Waals surface area contributed by atoms with E-state index >= 15 is 0 Å². The van der Waals surface area contributed by atoms with Crippen molar-refractivity contribution in [2.24, 2.45) is 17.8 Å². The lowest BCUT2D eigenvalue weighted by molar-refractivity contribution is -0.122. The van der Waals surface area contributed by atoms with E-state index in [1.807, 2.05) is 62.4 Å². The Morgan fingerprint density at radius 3 is 2.29 bits per heavy atom. The molecule has 2 fully saturated rings. The van der Waals surface area contributed by atoms with Gasteiger partial charge >= 0.3 is 0 Å². The average molecular weight is 562 g/mol. The molecule has 3 aromatic carbocycles. The number of allylic oxidation sites excluding steroid dienone is 2. The molecule has 5 heteroatoms. The maximum Gasteiger partial charge on any atom is 0.238 e. The maximum absolute atomic E-state index is 13.8. The van der Waals surface area contributed by atoms with Crippen LogP contribution in [0, 0.1) is 31.6 Å². The fraction of sp³-hybridized carbons (Fsp3) is 0.351. The third-order valence-electron chi connectivity index (χ3n) is 9.25. The molecule has 0 spiro atoms. The molecule has 0 unspecified atom stereocenters. The van der Waals surface area contributed by atoms with Gasteiger partial charge in [-0.3, -0.25) is 14.5 Å². The van der Waals surface area contributed by atoms with Gasteiger partial charge in [0.25, 0.3) is 0 Å². The van der Waals surface area contributed by atoms with Crippen molar-refractivity contribution in [2.75, 3.05) is 11.5 Å². The van der Waals surface area contributed by atoms with Gasteiger partial charge in [-0.2, -0.15) is 0 Å². The number of amides is 2. The van der Waals surface area contributed by atoms with E-state index in [4.69, 9.17) is 4.74 Å². The van der Waals surface area contributed by atoms with Crippen LogP contribution in [0.15, 0.2) is 83.9 Å². The van der Waals surface area contributed by atoms with Crippen molar-refractivity contribution in [1.82, 2.24) is 0 Å². The van der Waals surface area contributed by atoms with Crippen LogP contribution in [0.25, 0.3) is 11.6 Å². The Bertz CT molecular complexity index is 1530. The van der Waals surface area contributed by atoms with Gasteiger partial charge in [0.05, 0.1) is 30.2 Å². The molecule has 0 saturated carbocycles. The van der Waals surface area contributed by atoms with Gasteiger partial charge in [-0.1, -0.05) is 73.5 Å². The lowest BCUT2D eigenvalue weighted by atomic mass is 9.68. The molecule has 2 amide bonds. The van der Waals surface area contributed by atoms with Crippen LogP contribution in [-0.2, 0) is 14.3 Å². The van der Waals surface area contributed by atoms with Crippen LogP contribution >= 0.6 is 0 Å². The zero-order valence-corrected chi connectivity index (χ0v) is 24.7. The second kappa shape index (κ2) is 11.7. The molecule has 1 N–H and O–H groups in total. The van der Waals surface area contributed by atoms with E-state index in [9.17, 15) is 14.7 Å². The number of aromatic hydroxyl groups is 1. The van der Waals surface area contributed by atoms with E-state index in [0.29, 0.717) is 24.5 Å². The highest BCUT2D eigenvalue weighted by Crippen LogP contribution is 2.51. The lowest BCUT2D eigenvalue weighted by Gasteiger charge is -2.32. The number of fused-ring (bicyclic) bond motifs is 3. The maximum atomic E-state index is 13.8. The van der Waals surface area contributed by atoms with Gasteiger partial charge in [-0.05, 0) is 97.2 Å². The third-order valence-corrected chi connectivity index (χ3v) is 9.25. The van der Waals surface area contributed by atoms with Crippen molar-refractivity contribution in [3.05, 3.63) is 106 Å². The molecule has 1 aliphatic carbocycles. The van der Waals surface area contributed by atoms with Gasteiger partial charge in [0.15, 0.2) is 0 Å². The van der Waals surface area contributed by atoms with Gasteiger partial charge in [0.1, 0.15) is 5.75 Å². The molecule has 5 nitrogen and oxygen atoms in total. The Morgan fingerprint density at radius 2 is 1.62 bits per heavy atom. The van der Waals surface area contributed by atoms with Crippen LogP contribution in [-0.4, -0.2) is 29.6 Å². The predicted octanol–water partition coefficient (Wildman–Crippen LogP) is 7.65. The largest absolute Gasteiger partial charge is 0.507 e. The predicted molar refractivity (Wildman–Crippen MR) is 167 cm³/mol. The summed E-state index contributed by atoms with van der Waals surface area (Å²) in [7, 11) is 0. The minimum atomic E-state index is -0.356. The minimum Gasteiger partial charge on any atom is -0.507 e. The molecule has 6 rings (SSSR count). The minimum absolute atomic E-state index is 0.0491. The number of imide groups is 1. The van der Waals surface area contributed by atoms with Crippen molar-refractivity contribution < 1.29 is 19.4 Å². The van der Waals surface area contributed by atoms with Crippen LogP contribution in [0.4, 0.5) is 5.69 Å². The summed E-state index contributed by atoms with van der Waals surface area (Å²) in [5.74, 6) is -0.522. The van der Waals surface area contributed by atoms with E-state index in [0.717, 1.165) is 47.9 Å². The van der Waals surface area contributed by atoms with E-state index in [1.165, 1.54) is 21.6 Å². The first kappa shape index (κ1) is 28.2. The highest BCUT2D eigenvalue weighted by atomic mass is 16.5. The number of aryl methyl sites for hydroxylation is 2. The fourth-order valence-corrected chi connectivity index (χ4v) is 7.36. The van der Waals surface area contributed by atoms with E-state index in [2.05, 4.69) is 37.3 Å². The Morgan fingerprint density at radius 1 is 0.952 bits per heavy atom. The Hall–Kier alpha value is -3.96. The molecule has 2 saturated heterocycles. The number of carbonyl (C=O) groups is 2. The van der Waals surface area contributed by atoms with Crippen LogP contribution in [0.3, 0.4) is 0 Å². The zero-order valence-electron chi connectivity index (χ0n) is 24.7. The van der Waals surface area contributed by atoms with Gasteiger partial charge < -0.3 is 9.84 Å². The van der Waals surface area contributed by atoms with Crippen LogP contribution < -0.4 is 4.90 Å². The molecular formula is C37H39NO4. The Kier molecular flexibility index (Phi) is 7.87. The highest BCUT2D eigenvalue weighted by molar-refractivity contribution is 6.22. The normalized spacial score (nSPS) is 23.9. The zero-order chi connectivity index (χ0) is 29.4. The first-order chi connectivity index (χ1) is 20.4. The lowest BCUT2D eigenvalue weighted by Crippen LogP contribution is -2.34. The summed E-state index contributed by atoms with van der Waals surface area (Å²) in [5, 5.41) is 10.3. The second-order valence-electron chi connectivity index (χ2n) is 12.0. The molecule has 0 radical (unpaired) electrons. The molecule has 2 aliphatic heterocycles. The quantitative estimate of drug-likeness (QED) is 0.174. The molecule has 216 valence electrons. The standard InChI is InChI=1S/C37H39NO4/c1-4-11-28-21-30-34(37(41)38(36(30)40)29-14-9-6-10-15-29)31-22-42-32(33(28)31)17-16-27(26-12-7-5-8-13-26)20-25-18-23(2)35(39)24(3)19-25/h5-10,12-15,18-20,30-32,34,39H,4,11,16-17,21-22H2,1-3H3/b27-20-/t30-,31+,32-,34-/m1/s1. The molecule has 0 aromatic heterocycles. The number of benzene rings is 3. The fourth-order valence-electron chi connectivity index (χ4n) is 7.36. The molecule has 3 aliphatic rings. The number of hydrogen-bond acceptors (Lipinski definition) is 4. The van der Waals surface area contributed by atoms with E-state index in [1.54, 1.807) is 0 Å². The van der Waals surface area contributed by atoms with Crippen molar-refractivity contribution >= 4 is 29.2 Å². The summed E-state index contributed by atoms with van der Waals surface area (Å²) in [4.78, 5) is 28.8. The monoisotopic (exact) mass is 561 g/mol. The molecule has 4 atom stereocenters. The van der Waals surface area contributed by atoms with E-state index in [-0.39, 0.29) is 35.7 Å². The average Bonchev–Trinajstić information content (AvgIpc) is 3.53. The van der Waals surface area contributed by atoms with Crippen LogP contribution in [0.5, 0.6) is 5.75 Å². The molecule has 3 aromatic rings. The number of anilines is 1. The number of phenolic OH excluding ortho intramolecular Hbond substituents is 1. The van der Waals surface area contributed by atoms with Crippen LogP contribution in [0.2, 0.25) is 0 Å². The SMILES string of the molecule is CCCC1=C2[C@@H](CC/C(=C/c3cc(C)c(O)c(C)c3)c3ccccc3)OC[C@@H]2[C@@H]2C(=O)N(c3ccccc3)C(=O)[C@@H]2C1.